The lowest BCUT2D eigenvalue weighted by atomic mass is 10.1. The quantitative estimate of drug-likeness (QED) is 0.837. The van der Waals surface area contributed by atoms with Crippen molar-refractivity contribution < 1.29 is 14.5 Å². The molecule has 0 unspecified atom stereocenters. The van der Waals surface area contributed by atoms with Gasteiger partial charge < -0.3 is 10.4 Å². The maximum atomic E-state index is 12.0. The largest absolute Gasteiger partial charge is 0.378 e. The Balaban J connectivity index is 1.99. The summed E-state index contributed by atoms with van der Waals surface area (Å²) >= 11 is 0. The van der Waals surface area contributed by atoms with Crippen LogP contribution in [0.1, 0.15) is 41.2 Å². The number of rotatable bonds is 3. The number of aromatic nitrogens is 2. The first kappa shape index (κ1) is 15.7. The average molecular weight is 299 g/mol. The Hall–Kier alpha value is -2.65. The first-order valence-electron chi connectivity index (χ1n) is 6.77. The van der Waals surface area contributed by atoms with Crippen LogP contribution in [-0.4, -0.2) is 26.9 Å². The molecule has 0 aliphatic heterocycles. The number of carbonyl (C=O) groups is 1. The minimum Gasteiger partial charge on any atom is -0.378 e. The van der Waals surface area contributed by atoms with E-state index in [-0.39, 0.29) is 12.5 Å². The zero-order valence-electron chi connectivity index (χ0n) is 12.7. The fraction of sp³-hybridized carbons (Fsp3) is 0.312. The van der Waals surface area contributed by atoms with Crippen LogP contribution in [0, 0.1) is 18.8 Å². The van der Waals surface area contributed by atoms with Crippen LogP contribution in [0.5, 0.6) is 0 Å². The molecule has 1 aromatic carbocycles. The van der Waals surface area contributed by atoms with Crippen molar-refractivity contribution in [2.45, 2.75) is 32.9 Å². The Morgan fingerprint density at radius 2 is 2.00 bits per heavy atom. The lowest BCUT2D eigenvalue weighted by Crippen LogP contribution is -2.23. The van der Waals surface area contributed by atoms with Crippen LogP contribution in [0.3, 0.4) is 0 Å². The second kappa shape index (κ2) is 6.41. The summed E-state index contributed by atoms with van der Waals surface area (Å²) in [6.45, 7) is 5.24. The SMILES string of the molecule is Cc1nonc1CNC(=O)c1ccc(C#CC(C)(C)O)cc1. The molecule has 0 spiro atoms. The Kier molecular flexibility index (Phi) is 4.59. The number of nitrogens with one attached hydrogen (secondary N) is 1. The summed E-state index contributed by atoms with van der Waals surface area (Å²) < 4.78 is 4.57. The molecule has 6 heteroatoms. The predicted molar refractivity (Wildman–Crippen MR) is 79.8 cm³/mol. The number of nitrogens with zero attached hydrogens (tertiary/aromatic N) is 2. The number of amides is 1. The number of benzene rings is 1. The summed E-state index contributed by atoms with van der Waals surface area (Å²) in [6.07, 6.45) is 0. The van der Waals surface area contributed by atoms with E-state index in [1.54, 1.807) is 45.0 Å². The van der Waals surface area contributed by atoms with Gasteiger partial charge in [0, 0.05) is 11.1 Å². The molecule has 0 bridgehead atoms. The van der Waals surface area contributed by atoms with Crippen LogP contribution in [0.25, 0.3) is 0 Å². The number of hydrogen-bond donors (Lipinski definition) is 2. The van der Waals surface area contributed by atoms with Crippen LogP contribution in [0.4, 0.5) is 0 Å². The van der Waals surface area contributed by atoms with E-state index in [9.17, 15) is 9.90 Å². The van der Waals surface area contributed by atoms with Crippen LogP contribution >= 0.6 is 0 Å². The molecule has 2 rings (SSSR count). The first-order valence-corrected chi connectivity index (χ1v) is 6.77. The van der Waals surface area contributed by atoms with Crippen molar-refractivity contribution in [2.75, 3.05) is 0 Å². The monoisotopic (exact) mass is 299 g/mol. The molecule has 0 atom stereocenters. The number of carbonyl (C=O) groups excluding carboxylic acids is 1. The molecule has 0 radical (unpaired) electrons. The second-order valence-corrected chi connectivity index (χ2v) is 5.37. The molecule has 1 heterocycles. The van der Waals surface area contributed by atoms with Gasteiger partial charge >= 0.3 is 0 Å². The van der Waals surface area contributed by atoms with Gasteiger partial charge in [0.15, 0.2) is 0 Å². The normalized spacial score (nSPS) is 10.7. The molecular weight excluding hydrogens is 282 g/mol. The third-order valence-corrected chi connectivity index (χ3v) is 2.82. The van der Waals surface area contributed by atoms with Crippen LogP contribution in [0.2, 0.25) is 0 Å². The van der Waals surface area contributed by atoms with Crippen LogP contribution < -0.4 is 5.32 Å². The van der Waals surface area contributed by atoms with Gasteiger partial charge in [-0.15, -0.1) is 0 Å². The summed E-state index contributed by atoms with van der Waals surface area (Å²) in [5.41, 5.74) is 1.45. The lowest BCUT2D eigenvalue weighted by molar-refractivity contribution is 0.0950. The number of hydrogen-bond acceptors (Lipinski definition) is 5. The zero-order chi connectivity index (χ0) is 16.2. The van der Waals surface area contributed by atoms with Crippen molar-refractivity contribution in [3.8, 4) is 11.8 Å². The molecule has 22 heavy (non-hydrogen) atoms. The van der Waals surface area contributed by atoms with E-state index in [1.165, 1.54) is 0 Å². The van der Waals surface area contributed by atoms with Crippen molar-refractivity contribution in [2.24, 2.45) is 0 Å². The summed E-state index contributed by atoms with van der Waals surface area (Å²) in [5.74, 6) is 5.35. The van der Waals surface area contributed by atoms with Gasteiger partial charge in [-0.25, -0.2) is 4.63 Å². The van der Waals surface area contributed by atoms with E-state index in [0.717, 1.165) is 5.56 Å². The summed E-state index contributed by atoms with van der Waals surface area (Å²) in [4.78, 5) is 12.0. The minimum absolute atomic E-state index is 0.218. The molecule has 0 aliphatic rings. The third kappa shape index (κ3) is 4.43. The fourth-order valence-corrected chi connectivity index (χ4v) is 1.61. The van der Waals surface area contributed by atoms with Crippen molar-refractivity contribution in [1.29, 1.82) is 0 Å². The Labute approximate surface area is 128 Å². The van der Waals surface area contributed by atoms with Gasteiger partial charge in [0.05, 0.1) is 6.54 Å². The molecule has 0 saturated heterocycles. The topological polar surface area (TPSA) is 88.3 Å². The second-order valence-electron chi connectivity index (χ2n) is 5.37. The first-order chi connectivity index (χ1) is 10.3. The summed E-state index contributed by atoms with van der Waals surface area (Å²) in [6, 6.07) is 6.82. The molecule has 0 aliphatic carbocycles. The Morgan fingerprint density at radius 1 is 1.32 bits per heavy atom. The smallest absolute Gasteiger partial charge is 0.251 e. The van der Waals surface area contributed by atoms with Crippen molar-refractivity contribution in [1.82, 2.24) is 15.6 Å². The zero-order valence-corrected chi connectivity index (χ0v) is 12.7. The van der Waals surface area contributed by atoms with Gasteiger partial charge in [-0.1, -0.05) is 22.2 Å². The predicted octanol–water partition coefficient (Wildman–Crippen LogP) is 1.43. The van der Waals surface area contributed by atoms with Gasteiger partial charge in [0.1, 0.15) is 17.0 Å². The molecule has 0 saturated carbocycles. The van der Waals surface area contributed by atoms with Crippen LogP contribution in [0.15, 0.2) is 28.9 Å². The van der Waals surface area contributed by atoms with E-state index < -0.39 is 5.60 Å². The van der Waals surface area contributed by atoms with Crippen LogP contribution in [-0.2, 0) is 6.54 Å². The Bertz CT molecular complexity index is 716. The fourth-order valence-electron chi connectivity index (χ4n) is 1.61. The highest BCUT2D eigenvalue weighted by Crippen LogP contribution is 2.06. The molecule has 1 amide bonds. The maximum Gasteiger partial charge on any atom is 0.251 e. The highest BCUT2D eigenvalue weighted by atomic mass is 16.6. The Morgan fingerprint density at radius 3 is 2.55 bits per heavy atom. The van der Waals surface area contributed by atoms with E-state index in [4.69, 9.17) is 0 Å². The molecule has 6 nitrogen and oxygen atoms in total. The maximum absolute atomic E-state index is 12.0. The standard InChI is InChI=1S/C16H17N3O3/c1-11-14(19-22-18-11)10-17-15(20)13-6-4-12(5-7-13)8-9-16(2,3)21/h4-7,21H,10H2,1-3H3,(H,17,20). The number of aryl methyl sites for hydroxylation is 1. The average Bonchev–Trinajstić information content (AvgIpc) is 2.88. The highest BCUT2D eigenvalue weighted by Gasteiger charge is 2.09. The van der Waals surface area contributed by atoms with E-state index in [2.05, 4.69) is 32.1 Å². The summed E-state index contributed by atoms with van der Waals surface area (Å²) in [7, 11) is 0. The molecule has 1 aromatic heterocycles. The molecule has 0 fully saturated rings. The van der Waals surface area contributed by atoms with E-state index in [0.29, 0.717) is 17.0 Å². The van der Waals surface area contributed by atoms with Crippen molar-refractivity contribution >= 4 is 5.91 Å². The van der Waals surface area contributed by atoms with Gasteiger partial charge in [-0.05, 0) is 45.0 Å². The molecule has 114 valence electrons. The lowest BCUT2D eigenvalue weighted by Gasteiger charge is -2.06. The van der Waals surface area contributed by atoms with E-state index >= 15 is 0 Å². The molecule has 2 aromatic rings. The van der Waals surface area contributed by atoms with Gasteiger partial charge in [0.25, 0.3) is 5.91 Å². The minimum atomic E-state index is -1.04. The third-order valence-electron chi connectivity index (χ3n) is 2.82. The van der Waals surface area contributed by atoms with Gasteiger partial charge in [-0.2, -0.15) is 0 Å². The van der Waals surface area contributed by atoms with Gasteiger partial charge in [-0.3, -0.25) is 4.79 Å². The van der Waals surface area contributed by atoms with Crippen molar-refractivity contribution in [3.05, 3.63) is 46.8 Å². The highest BCUT2D eigenvalue weighted by molar-refractivity contribution is 5.94. The summed E-state index contributed by atoms with van der Waals surface area (Å²) in [5, 5.41) is 19.6. The van der Waals surface area contributed by atoms with Crippen molar-refractivity contribution in [3.63, 3.8) is 0 Å². The molecular formula is C16H17N3O3. The number of aliphatic hydroxyl groups is 1. The van der Waals surface area contributed by atoms with Gasteiger partial charge in [0.2, 0.25) is 0 Å². The van der Waals surface area contributed by atoms with E-state index in [1.807, 2.05) is 0 Å². The molecule has 2 N–H and O–H groups in total.